The molecule has 0 aliphatic rings. The molecule has 0 bridgehead atoms. The highest BCUT2D eigenvalue weighted by atomic mass is 35.5. The van der Waals surface area contributed by atoms with Gasteiger partial charge in [-0.3, -0.25) is 10.1 Å². The molecule has 0 radical (unpaired) electrons. The van der Waals surface area contributed by atoms with Gasteiger partial charge in [-0.15, -0.1) is 0 Å². The van der Waals surface area contributed by atoms with Crippen molar-refractivity contribution in [3.05, 3.63) is 63.2 Å². The van der Waals surface area contributed by atoms with E-state index in [0.717, 1.165) is 5.56 Å². The van der Waals surface area contributed by atoms with E-state index in [9.17, 15) is 10.1 Å². The van der Waals surface area contributed by atoms with Gasteiger partial charge in [0.15, 0.2) is 5.75 Å². The van der Waals surface area contributed by atoms with Crippen LogP contribution in [0.4, 0.5) is 5.69 Å². The minimum Gasteiger partial charge on any atom is -0.456 e. The Labute approximate surface area is 121 Å². The van der Waals surface area contributed by atoms with Gasteiger partial charge in [0, 0.05) is 12.1 Å². The number of ether oxygens (including phenoxy) is 1. The zero-order chi connectivity index (χ0) is 14.7. The first kappa shape index (κ1) is 14.3. The molecule has 104 valence electrons. The highest BCUT2D eigenvalue weighted by Crippen LogP contribution is 2.33. The van der Waals surface area contributed by atoms with Gasteiger partial charge in [0.05, 0.1) is 16.0 Å². The molecule has 2 aromatic carbocycles. The number of non-ortho nitro benzene ring substituents is 1. The van der Waals surface area contributed by atoms with Crippen molar-refractivity contribution in [1.82, 2.24) is 0 Å². The van der Waals surface area contributed by atoms with Crippen LogP contribution in [-0.4, -0.2) is 4.92 Å². The van der Waals surface area contributed by atoms with Crippen molar-refractivity contribution in [1.29, 1.82) is 0 Å². The number of rotatable bonds is 4. The van der Waals surface area contributed by atoms with Crippen molar-refractivity contribution >= 4 is 17.3 Å². The maximum atomic E-state index is 10.8. The third-order valence-electron chi connectivity index (χ3n) is 2.74. The second kappa shape index (κ2) is 5.90. The summed E-state index contributed by atoms with van der Waals surface area (Å²) in [4.78, 5) is 10.3. The summed E-state index contributed by atoms with van der Waals surface area (Å²) < 4.78 is 5.60. The number of nitro groups is 1. The number of halogens is 1. The van der Waals surface area contributed by atoms with Gasteiger partial charge in [0.25, 0.3) is 5.69 Å². The minimum atomic E-state index is -0.498. The SMILES string of the molecule is CC(N)c1cccc(Oc2cc([N+](=O)[O-])ccc2Cl)c1. The largest absolute Gasteiger partial charge is 0.456 e. The lowest BCUT2D eigenvalue weighted by molar-refractivity contribution is -0.384. The highest BCUT2D eigenvalue weighted by molar-refractivity contribution is 6.32. The van der Waals surface area contributed by atoms with Gasteiger partial charge >= 0.3 is 0 Å². The minimum absolute atomic E-state index is 0.0762. The summed E-state index contributed by atoms with van der Waals surface area (Å²) in [6, 6.07) is 11.1. The molecule has 20 heavy (non-hydrogen) atoms. The first-order chi connectivity index (χ1) is 9.47. The molecule has 2 N–H and O–H groups in total. The molecule has 0 saturated carbocycles. The van der Waals surface area contributed by atoms with Crippen LogP contribution < -0.4 is 10.5 Å². The second-order valence-corrected chi connectivity index (χ2v) is 4.74. The van der Waals surface area contributed by atoms with Crippen molar-refractivity contribution in [2.24, 2.45) is 5.73 Å². The number of nitrogens with two attached hydrogens (primary N) is 1. The lowest BCUT2D eigenvalue weighted by Crippen LogP contribution is -2.04. The molecule has 0 aliphatic heterocycles. The molecule has 0 aliphatic carbocycles. The van der Waals surface area contributed by atoms with Gasteiger partial charge in [0.1, 0.15) is 5.75 Å². The summed E-state index contributed by atoms with van der Waals surface area (Å²) in [5.74, 6) is 0.768. The van der Waals surface area contributed by atoms with Crippen molar-refractivity contribution < 1.29 is 9.66 Å². The van der Waals surface area contributed by atoms with Crippen LogP contribution in [0.3, 0.4) is 0 Å². The van der Waals surface area contributed by atoms with Crippen LogP contribution in [0, 0.1) is 10.1 Å². The van der Waals surface area contributed by atoms with E-state index >= 15 is 0 Å². The zero-order valence-electron chi connectivity index (χ0n) is 10.7. The van der Waals surface area contributed by atoms with Crippen LogP contribution in [0.5, 0.6) is 11.5 Å². The highest BCUT2D eigenvalue weighted by Gasteiger charge is 2.12. The summed E-state index contributed by atoms with van der Waals surface area (Å²) in [6.45, 7) is 1.86. The Morgan fingerprint density at radius 3 is 2.70 bits per heavy atom. The summed E-state index contributed by atoms with van der Waals surface area (Å²) in [5.41, 5.74) is 6.63. The fourth-order valence-electron chi connectivity index (χ4n) is 1.67. The molecule has 1 atom stereocenters. The summed E-state index contributed by atoms with van der Waals surface area (Å²) >= 11 is 5.98. The molecule has 0 aromatic heterocycles. The second-order valence-electron chi connectivity index (χ2n) is 4.34. The van der Waals surface area contributed by atoms with Gasteiger partial charge in [-0.2, -0.15) is 0 Å². The quantitative estimate of drug-likeness (QED) is 0.681. The standard InChI is InChI=1S/C14H13ClN2O3/c1-9(16)10-3-2-4-12(7-10)20-14-8-11(17(18)19)5-6-13(14)15/h2-9H,16H2,1H3. The maximum Gasteiger partial charge on any atom is 0.273 e. The maximum absolute atomic E-state index is 10.8. The van der Waals surface area contributed by atoms with Crippen LogP contribution in [0.25, 0.3) is 0 Å². The molecule has 2 rings (SSSR count). The molecule has 0 fully saturated rings. The van der Waals surface area contributed by atoms with E-state index in [4.69, 9.17) is 22.1 Å². The van der Waals surface area contributed by atoms with Gasteiger partial charge in [0.2, 0.25) is 0 Å². The molecule has 6 heteroatoms. The number of nitrogens with zero attached hydrogens (tertiary/aromatic N) is 1. The Kier molecular flexibility index (Phi) is 4.22. The predicted molar refractivity (Wildman–Crippen MR) is 77.2 cm³/mol. The van der Waals surface area contributed by atoms with Gasteiger partial charge in [-0.25, -0.2) is 0 Å². The van der Waals surface area contributed by atoms with Crippen LogP contribution in [0.15, 0.2) is 42.5 Å². The first-order valence-electron chi connectivity index (χ1n) is 5.94. The molecule has 0 amide bonds. The van der Waals surface area contributed by atoms with Crippen LogP contribution in [-0.2, 0) is 0 Å². The smallest absolute Gasteiger partial charge is 0.273 e. The monoisotopic (exact) mass is 292 g/mol. The van der Waals surface area contributed by atoms with Gasteiger partial charge in [-0.05, 0) is 30.7 Å². The summed E-state index contributed by atoms with van der Waals surface area (Å²) in [6.07, 6.45) is 0. The van der Waals surface area contributed by atoms with E-state index < -0.39 is 4.92 Å². The van der Waals surface area contributed by atoms with Crippen LogP contribution in [0.2, 0.25) is 5.02 Å². The lowest BCUT2D eigenvalue weighted by Gasteiger charge is -2.10. The fourth-order valence-corrected chi connectivity index (χ4v) is 1.83. The molecule has 0 saturated heterocycles. The number of benzene rings is 2. The topological polar surface area (TPSA) is 78.4 Å². The number of hydrogen-bond donors (Lipinski definition) is 1. The van der Waals surface area contributed by atoms with Gasteiger partial charge < -0.3 is 10.5 Å². The Bertz CT molecular complexity index is 644. The number of hydrogen-bond acceptors (Lipinski definition) is 4. The Morgan fingerprint density at radius 2 is 2.05 bits per heavy atom. The van der Waals surface area contributed by atoms with Gasteiger partial charge in [-0.1, -0.05) is 23.7 Å². The Balaban J connectivity index is 2.32. The molecule has 0 spiro atoms. The van der Waals surface area contributed by atoms with E-state index in [1.54, 1.807) is 18.2 Å². The molecule has 0 heterocycles. The number of nitro benzene ring substituents is 1. The van der Waals surface area contributed by atoms with Crippen molar-refractivity contribution in [3.63, 3.8) is 0 Å². The normalized spacial score (nSPS) is 11.9. The first-order valence-corrected chi connectivity index (χ1v) is 6.32. The molecule has 2 aromatic rings. The zero-order valence-corrected chi connectivity index (χ0v) is 11.5. The average Bonchev–Trinajstić information content (AvgIpc) is 2.41. The van der Waals surface area contributed by atoms with E-state index in [1.165, 1.54) is 18.2 Å². The Hall–Kier alpha value is -2.11. The molecule has 1 unspecified atom stereocenters. The van der Waals surface area contributed by atoms with Crippen LogP contribution in [0.1, 0.15) is 18.5 Å². The van der Waals surface area contributed by atoms with Crippen molar-refractivity contribution in [3.8, 4) is 11.5 Å². The van der Waals surface area contributed by atoms with E-state index in [1.807, 2.05) is 13.0 Å². The third kappa shape index (κ3) is 3.26. The lowest BCUT2D eigenvalue weighted by atomic mass is 10.1. The molecular formula is C14H13ClN2O3. The third-order valence-corrected chi connectivity index (χ3v) is 3.05. The van der Waals surface area contributed by atoms with E-state index in [2.05, 4.69) is 0 Å². The summed E-state index contributed by atoms with van der Waals surface area (Å²) in [7, 11) is 0. The predicted octanol–water partition coefficient (Wildman–Crippen LogP) is 4.06. The fraction of sp³-hybridized carbons (Fsp3) is 0.143. The summed E-state index contributed by atoms with van der Waals surface area (Å²) in [5, 5.41) is 11.1. The average molecular weight is 293 g/mol. The van der Waals surface area contributed by atoms with Crippen molar-refractivity contribution in [2.75, 3.05) is 0 Å². The van der Waals surface area contributed by atoms with Crippen LogP contribution >= 0.6 is 11.6 Å². The van der Waals surface area contributed by atoms with Crippen molar-refractivity contribution in [2.45, 2.75) is 13.0 Å². The molecule has 5 nitrogen and oxygen atoms in total. The van der Waals surface area contributed by atoms with E-state index in [0.29, 0.717) is 10.8 Å². The Morgan fingerprint density at radius 1 is 1.30 bits per heavy atom. The van der Waals surface area contributed by atoms with E-state index in [-0.39, 0.29) is 17.5 Å². The molecular weight excluding hydrogens is 280 g/mol.